The summed E-state index contributed by atoms with van der Waals surface area (Å²) in [7, 11) is 0. The molecule has 0 bridgehead atoms. The number of nitrogens with one attached hydrogen (secondary N) is 1. The molecule has 2 amide bonds. The summed E-state index contributed by atoms with van der Waals surface area (Å²) in [6.07, 6.45) is 2.22. The third kappa shape index (κ3) is 3.93. The van der Waals surface area contributed by atoms with Crippen LogP contribution >= 0.6 is 11.3 Å². The van der Waals surface area contributed by atoms with Gasteiger partial charge in [-0.05, 0) is 42.0 Å². The molecule has 1 atom stereocenters. The predicted molar refractivity (Wildman–Crippen MR) is 102 cm³/mol. The highest BCUT2D eigenvalue weighted by molar-refractivity contribution is 7.12. The minimum absolute atomic E-state index is 0.0568. The number of hydrogen-bond donors (Lipinski definition) is 1. The van der Waals surface area contributed by atoms with Crippen molar-refractivity contribution in [1.29, 1.82) is 0 Å². The van der Waals surface area contributed by atoms with E-state index in [2.05, 4.69) is 5.32 Å². The van der Waals surface area contributed by atoms with Crippen molar-refractivity contribution in [3.8, 4) is 11.5 Å². The fraction of sp³-hybridized carbons (Fsp3) is 0.400. The second kappa shape index (κ2) is 8.00. The lowest BCUT2D eigenvalue weighted by molar-refractivity contribution is -0.132. The molecular formula is C20H22N2O4S. The number of carbonyl (C=O) groups is 2. The van der Waals surface area contributed by atoms with Gasteiger partial charge in [-0.1, -0.05) is 12.1 Å². The first-order chi connectivity index (χ1) is 13.2. The van der Waals surface area contributed by atoms with Gasteiger partial charge < -0.3 is 19.7 Å². The molecule has 3 heterocycles. The molecule has 0 aliphatic carbocycles. The fourth-order valence-electron chi connectivity index (χ4n) is 3.60. The van der Waals surface area contributed by atoms with E-state index in [0.29, 0.717) is 31.1 Å². The standard InChI is InChI=1S/C20H22N2O4S/c23-19(7-8-21-20(24)18-4-2-12-27-18)22-9-1-3-15(22)14-5-6-16-17(13-14)26-11-10-25-16/h2,4-6,12-13,15H,1,3,7-11H2,(H,21,24). The smallest absolute Gasteiger partial charge is 0.261 e. The molecule has 1 aromatic carbocycles. The van der Waals surface area contributed by atoms with Gasteiger partial charge in [-0.3, -0.25) is 9.59 Å². The van der Waals surface area contributed by atoms with Crippen LogP contribution in [0.2, 0.25) is 0 Å². The zero-order chi connectivity index (χ0) is 18.6. The number of nitrogens with zero attached hydrogens (tertiary/aromatic N) is 1. The van der Waals surface area contributed by atoms with Crippen LogP contribution in [0.1, 0.15) is 40.5 Å². The van der Waals surface area contributed by atoms with E-state index in [0.717, 1.165) is 36.4 Å². The van der Waals surface area contributed by atoms with E-state index >= 15 is 0 Å². The topological polar surface area (TPSA) is 67.9 Å². The third-order valence-corrected chi connectivity index (χ3v) is 5.76. The summed E-state index contributed by atoms with van der Waals surface area (Å²) >= 11 is 1.39. The molecule has 142 valence electrons. The van der Waals surface area contributed by atoms with E-state index in [1.807, 2.05) is 34.5 Å². The lowest BCUT2D eigenvalue weighted by Crippen LogP contribution is -2.34. The fourth-order valence-corrected chi connectivity index (χ4v) is 4.24. The number of likely N-dealkylation sites (tertiary alicyclic amines) is 1. The average Bonchev–Trinajstić information content (AvgIpc) is 3.39. The Morgan fingerprint density at radius 3 is 2.85 bits per heavy atom. The van der Waals surface area contributed by atoms with Crippen molar-refractivity contribution in [3.63, 3.8) is 0 Å². The van der Waals surface area contributed by atoms with Gasteiger partial charge >= 0.3 is 0 Å². The maximum absolute atomic E-state index is 12.7. The Morgan fingerprint density at radius 2 is 2.04 bits per heavy atom. The molecule has 27 heavy (non-hydrogen) atoms. The quantitative estimate of drug-likeness (QED) is 0.858. The summed E-state index contributed by atoms with van der Waals surface area (Å²) in [6, 6.07) is 9.60. The Hall–Kier alpha value is -2.54. The van der Waals surface area contributed by atoms with Gasteiger partial charge in [0.2, 0.25) is 5.91 Å². The number of thiophene rings is 1. The van der Waals surface area contributed by atoms with E-state index in [1.54, 1.807) is 6.07 Å². The largest absolute Gasteiger partial charge is 0.486 e. The molecule has 2 aliphatic heterocycles. The van der Waals surface area contributed by atoms with E-state index in [4.69, 9.17) is 9.47 Å². The normalized spacial score (nSPS) is 18.4. The first-order valence-electron chi connectivity index (χ1n) is 9.23. The predicted octanol–water partition coefficient (Wildman–Crippen LogP) is 3.00. The van der Waals surface area contributed by atoms with Crippen molar-refractivity contribution in [3.05, 3.63) is 46.2 Å². The summed E-state index contributed by atoms with van der Waals surface area (Å²) in [5, 5.41) is 4.69. The van der Waals surface area contributed by atoms with Crippen molar-refractivity contribution < 1.29 is 19.1 Å². The summed E-state index contributed by atoms with van der Waals surface area (Å²) in [4.78, 5) is 27.3. The average molecular weight is 386 g/mol. The molecule has 6 nitrogen and oxygen atoms in total. The summed E-state index contributed by atoms with van der Waals surface area (Å²) < 4.78 is 11.2. The van der Waals surface area contributed by atoms with Gasteiger partial charge in [0.25, 0.3) is 5.91 Å². The molecule has 1 unspecified atom stereocenters. The first-order valence-corrected chi connectivity index (χ1v) is 10.1. The number of fused-ring (bicyclic) bond motifs is 1. The molecule has 1 saturated heterocycles. The molecule has 1 fully saturated rings. The van der Waals surface area contributed by atoms with E-state index in [1.165, 1.54) is 11.3 Å². The lowest BCUT2D eigenvalue weighted by Gasteiger charge is -2.27. The van der Waals surface area contributed by atoms with Crippen LogP contribution in [0.25, 0.3) is 0 Å². The summed E-state index contributed by atoms with van der Waals surface area (Å²) in [6.45, 7) is 2.21. The molecule has 4 rings (SSSR count). The summed E-state index contributed by atoms with van der Waals surface area (Å²) in [5.41, 5.74) is 1.08. The SMILES string of the molecule is O=C(NCCC(=O)N1CCCC1c1ccc2c(c1)OCCO2)c1cccs1. The van der Waals surface area contributed by atoms with Gasteiger partial charge in [0, 0.05) is 19.5 Å². The number of hydrogen-bond acceptors (Lipinski definition) is 5. The van der Waals surface area contributed by atoms with Gasteiger partial charge in [0.15, 0.2) is 11.5 Å². The minimum Gasteiger partial charge on any atom is -0.486 e. The van der Waals surface area contributed by atoms with Gasteiger partial charge in [-0.2, -0.15) is 0 Å². The Morgan fingerprint density at radius 1 is 1.19 bits per heavy atom. The Labute approximate surface area is 162 Å². The first kappa shape index (κ1) is 17.9. The van der Waals surface area contributed by atoms with E-state index < -0.39 is 0 Å². The van der Waals surface area contributed by atoms with E-state index in [9.17, 15) is 9.59 Å². The number of benzene rings is 1. The zero-order valence-electron chi connectivity index (χ0n) is 15.0. The van der Waals surface area contributed by atoms with Crippen LogP contribution in [0.15, 0.2) is 35.7 Å². The number of amides is 2. The second-order valence-corrected chi connectivity index (χ2v) is 7.58. The van der Waals surface area contributed by atoms with Crippen molar-refractivity contribution >= 4 is 23.2 Å². The summed E-state index contributed by atoms with van der Waals surface area (Å²) in [5.74, 6) is 1.46. The Balaban J connectivity index is 1.36. The number of carbonyl (C=O) groups excluding carboxylic acids is 2. The Kier molecular flexibility index (Phi) is 5.29. The van der Waals surface area contributed by atoms with Gasteiger partial charge in [0.05, 0.1) is 10.9 Å². The number of ether oxygens (including phenoxy) is 2. The highest BCUT2D eigenvalue weighted by Crippen LogP contribution is 2.38. The maximum atomic E-state index is 12.7. The van der Waals surface area contributed by atoms with Gasteiger partial charge in [-0.25, -0.2) is 0 Å². The molecular weight excluding hydrogens is 364 g/mol. The van der Waals surface area contributed by atoms with Crippen LogP contribution in [0, 0.1) is 0 Å². The van der Waals surface area contributed by atoms with Crippen LogP contribution in [0.4, 0.5) is 0 Å². The molecule has 1 N–H and O–H groups in total. The lowest BCUT2D eigenvalue weighted by atomic mass is 10.0. The van der Waals surface area contributed by atoms with Crippen LogP contribution in [0.5, 0.6) is 11.5 Å². The molecule has 2 aliphatic rings. The highest BCUT2D eigenvalue weighted by Gasteiger charge is 2.30. The Bertz CT molecular complexity index is 821. The molecule has 0 saturated carbocycles. The van der Waals surface area contributed by atoms with Crippen LogP contribution < -0.4 is 14.8 Å². The van der Waals surface area contributed by atoms with Crippen LogP contribution in [-0.2, 0) is 4.79 Å². The van der Waals surface area contributed by atoms with Gasteiger partial charge in [-0.15, -0.1) is 11.3 Å². The zero-order valence-corrected chi connectivity index (χ0v) is 15.8. The highest BCUT2D eigenvalue weighted by atomic mass is 32.1. The van der Waals surface area contributed by atoms with Gasteiger partial charge in [0.1, 0.15) is 13.2 Å². The van der Waals surface area contributed by atoms with Crippen LogP contribution in [-0.4, -0.2) is 43.0 Å². The second-order valence-electron chi connectivity index (χ2n) is 6.63. The van der Waals surface area contributed by atoms with Crippen molar-refractivity contribution in [2.75, 3.05) is 26.3 Å². The van der Waals surface area contributed by atoms with E-state index in [-0.39, 0.29) is 17.9 Å². The molecule has 1 aromatic heterocycles. The molecule has 2 aromatic rings. The molecule has 7 heteroatoms. The van der Waals surface area contributed by atoms with Crippen LogP contribution in [0.3, 0.4) is 0 Å². The third-order valence-electron chi connectivity index (χ3n) is 4.89. The minimum atomic E-state index is -0.123. The maximum Gasteiger partial charge on any atom is 0.261 e. The van der Waals surface area contributed by atoms with Crippen molar-refractivity contribution in [2.45, 2.75) is 25.3 Å². The van der Waals surface area contributed by atoms with Crippen molar-refractivity contribution in [2.24, 2.45) is 0 Å². The molecule has 0 radical (unpaired) electrons. The number of rotatable bonds is 5. The molecule has 0 spiro atoms. The van der Waals surface area contributed by atoms with Crippen molar-refractivity contribution in [1.82, 2.24) is 10.2 Å². The monoisotopic (exact) mass is 386 g/mol.